The minimum atomic E-state index is 0.0144. The number of amides is 1. The van der Waals surface area contributed by atoms with Gasteiger partial charge in [-0.15, -0.1) is 0 Å². The van der Waals surface area contributed by atoms with E-state index in [2.05, 4.69) is 5.32 Å². The Morgan fingerprint density at radius 1 is 1.00 bits per heavy atom. The molecular formula is C21H27NO3. The topological polar surface area (TPSA) is 47.6 Å². The summed E-state index contributed by atoms with van der Waals surface area (Å²) in [7, 11) is 0. The monoisotopic (exact) mass is 341 g/mol. The molecule has 134 valence electrons. The quantitative estimate of drug-likeness (QED) is 0.759. The summed E-state index contributed by atoms with van der Waals surface area (Å²) in [5.41, 5.74) is 4.22. The first-order valence-corrected chi connectivity index (χ1v) is 8.79. The van der Waals surface area contributed by atoms with Crippen LogP contribution in [0.3, 0.4) is 0 Å². The van der Waals surface area contributed by atoms with Crippen LogP contribution in [0.2, 0.25) is 0 Å². The van der Waals surface area contributed by atoms with E-state index in [0.29, 0.717) is 26.1 Å². The van der Waals surface area contributed by atoms with E-state index in [9.17, 15) is 4.79 Å². The first kappa shape index (κ1) is 18.8. The zero-order valence-corrected chi connectivity index (χ0v) is 15.5. The second-order valence-electron chi connectivity index (χ2n) is 5.94. The largest absolute Gasteiger partial charge is 0.490 e. The third-order valence-electron chi connectivity index (χ3n) is 4.13. The van der Waals surface area contributed by atoms with E-state index in [0.717, 1.165) is 28.3 Å². The van der Waals surface area contributed by atoms with Crippen molar-refractivity contribution in [2.45, 2.75) is 40.5 Å². The molecule has 0 fully saturated rings. The minimum absolute atomic E-state index is 0.0144. The number of ether oxygens (including phenoxy) is 2. The Labute approximate surface area is 150 Å². The summed E-state index contributed by atoms with van der Waals surface area (Å²) < 4.78 is 11.2. The summed E-state index contributed by atoms with van der Waals surface area (Å²) in [5, 5.41) is 3.00. The number of hydrogen-bond acceptors (Lipinski definition) is 3. The summed E-state index contributed by atoms with van der Waals surface area (Å²) >= 11 is 0. The Morgan fingerprint density at radius 2 is 1.72 bits per heavy atom. The van der Waals surface area contributed by atoms with Gasteiger partial charge in [-0.1, -0.05) is 18.2 Å². The highest BCUT2D eigenvalue weighted by molar-refractivity contribution is 5.91. The van der Waals surface area contributed by atoms with Crippen LogP contribution in [0.1, 0.15) is 37.0 Å². The molecule has 1 amide bonds. The molecule has 0 aliphatic rings. The van der Waals surface area contributed by atoms with Crippen LogP contribution in [0.4, 0.5) is 5.69 Å². The molecule has 1 N–H and O–H groups in total. The van der Waals surface area contributed by atoms with Gasteiger partial charge in [0.2, 0.25) is 5.91 Å². The second kappa shape index (κ2) is 9.11. The lowest BCUT2D eigenvalue weighted by molar-refractivity contribution is -0.116. The Kier molecular flexibility index (Phi) is 6.87. The fourth-order valence-electron chi connectivity index (χ4n) is 2.61. The molecule has 0 aliphatic carbocycles. The SMILES string of the molecule is CCOc1ccc(CCC(=O)Nc2cccc(C)c2C)cc1OCC. The number of rotatable bonds is 8. The van der Waals surface area contributed by atoms with E-state index in [1.807, 2.05) is 64.1 Å². The van der Waals surface area contributed by atoms with E-state index in [-0.39, 0.29) is 5.91 Å². The van der Waals surface area contributed by atoms with Gasteiger partial charge in [0.1, 0.15) is 0 Å². The number of anilines is 1. The zero-order valence-electron chi connectivity index (χ0n) is 15.5. The van der Waals surface area contributed by atoms with Crippen molar-refractivity contribution in [3.8, 4) is 11.5 Å². The predicted molar refractivity (Wildman–Crippen MR) is 102 cm³/mol. The van der Waals surface area contributed by atoms with Crippen LogP contribution >= 0.6 is 0 Å². The van der Waals surface area contributed by atoms with Crippen molar-refractivity contribution in [2.75, 3.05) is 18.5 Å². The predicted octanol–water partition coefficient (Wildman–Crippen LogP) is 4.67. The fourth-order valence-corrected chi connectivity index (χ4v) is 2.61. The summed E-state index contributed by atoms with van der Waals surface area (Å²) in [5.74, 6) is 1.49. The van der Waals surface area contributed by atoms with Crippen LogP contribution in [0.25, 0.3) is 0 Å². The number of hydrogen-bond donors (Lipinski definition) is 1. The maximum atomic E-state index is 12.3. The van der Waals surface area contributed by atoms with Gasteiger partial charge in [0.25, 0.3) is 0 Å². The van der Waals surface area contributed by atoms with Crippen LogP contribution in [-0.4, -0.2) is 19.1 Å². The van der Waals surface area contributed by atoms with Gasteiger partial charge in [-0.25, -0.2) is 0 Å². The van der Waals surface area contributed by atoms with Gasteiger partial charge in [0, 0.05) is 12.1 Å². The van der Waals surface area contributed by atoms with Crippen molar-refractivity contribution >= 4 is 11.6 Å². The second-order valence-corrected chi connectivity index (χ2v) is 5.94. The Morgan fingerprint density at radius 3 is 2.44 bits per heavy atom. The van der Waals surface area contributed by atoms with Crippen molar-refractivity contribution in [1.29, 1.82) is 0 Å². The summed E-state index contributed by atoms with van der Waals surface area (Å²) in [6.45, 7) is 9.13. The van der Waals surface area contributed by atoms with Gasteiger partial charge in [0.05, 0.1) is 13.2 Å². The molecular weight excluding hydrogens is 314 g/mol. The number of nitrogens with one attached hydrogen (secondary N) is 1. The molecule has 4 heteroatoms. The lowest BCUT2D eigenvalue weighted by Gasteiger charge is -2.13. The van der Waals surface area contributed by atoms with Gasteiger partial charge in [-0.2, -0.15) is 0 Å². The van der Waals surface area contributed by atoms with Crippen molar-refractivity contribution in [2.24, 2.45) is 0 Å². The van der Waals surface area contributed by atoms with Crippen LogP contribution in [0, 0.1) is 13.8 Å². The molecule has 0 saturated heterocycles. The first-order chi connectivity index (χ1) is 12.0. The Hall–Kier alpha value is -2.49. The first-order valence-electron chi connectivity index (χ1n) is 8.79. The van der Waals surface area contributed by atoms with E-state index >= 15 is 0 Å². The number of carbonyl (C=O) groups excluding carboxylic acids is 1. The molecule has 2 rings (SSSR count). The lowest BCUT2D eigenvalue weighted by Crippen LogP contribution is -2.13. The molecule has 4 nitrogen and oxygen atoms in total. The Bertz CT molecular complexity index is 725. The summed E-state index contributed by atoms with van der Waals surface area (Å²) in [6, 6.07) is 11.8. The van der Waals surface area contributed by atoms with Gasteiger partial charge < -0.3 is 14.8 Å². The molecule has 25 heavy (non-hydrogen) atoms. The van der Waals surface area contributed by atoms with E-state index in [1.165, 1.54) is 5.56 Å². The van der Waals surface area contributed by atoms with E-state index < -0.39 is 0 Å². The molecule has 0 aliphatic heterocycles. The normalized spacial score (nSPS) is 10.4. The maximum Gasteiger partial charge on any atom is 0.224 e. The molecule has 0 bridgehead atoms. The maximum absolute atomic E-state index is 12.3. The third kappa shape index (κ3) is 5.24. The van der Waals surface area contributed by atoms with Gasteiger partial charge in [-0.3, -0.25) is 4.79 Å². The Balaban J connectivity index is 1.99. The highest BCUT2D eigenvalue weighted by Gasteiger charge is 2.09. The number of carbonyl (C=O) groups is 1. The molecule has 0 aromatic heterocycles. The standard InChI is InChI=1S/C21H27NO3/c1-5-24-19-12-10-17(14-20(19)25-6-2)11-13-21(23)22-18-9-7-8-15(3)16(18)4/h7-10,12,14H,5-6,11,13H2,1-4H3,(H,22,23). The van der Waals surface area contributed by atoms with Crippen molar-refractivity contribution in [1.82, 2.24) is 0 Å². The molecule has 2 aromatic carbocycles. The molecule has 0 heterocycles. The van der Waals surface area contributed by atoms with Crippen LogP contribution in [0.5, 0.6) is 11.5 Å². The summed E-state index contributed by atoms with van der Waals surface area (Å²) in [6.07, 6.45) is 1.08. The highest BCUT2D eigenvalue weighted by Crippen LogP contribution is 2.29. The van der Waals surface area contributed by atoms with Crippen LogP contribution in [-0.2, 0) is 11.2 Å². The van der Waals surface area contributed by atoms with Gasteiger partial charge in [0.15, 0.2) is 11.5 Å². The van der Waals surface area contributed by atoms with E-state index in [1.54, 1.807) is 0 Å². The highest BCUT2D eigenvalue weighted by atomic mass is 16.5. The van der Waals surface area contributed by atoms with Gasteiger partial charge in [-0.05, 0) is 69.0 Å². The number of benzene rings is 2. The molecule has 0 atom stereocenters. The van der Waals surface area contributed by atoms with Crippen LogP contribution in [0.15, 0.2) is 36.4 Å². The van der Waals surface area contributed by atoms with Crippen molar-refractivity contribution in [3.63, 3.8) is 0 Å². The average Bonchev–Trinajstić information content (AvgIpc) is 2.59. The zero-order chi connectivity index (χ0) is 18.2. The molecule has 0 unspecified atom stereocenters. The van der Waals surface area contributed by atoms with Crippen molar-refractivity contribution in [3.05, 3.63) is 53.1 Å². The fraction of sp³-hybridized carbons (Fsp3) is 0.381. The summed E-state index contributed by atoms with van der Waals surface area (Å²) in [4.78, 5) is 12.3. The minimum Gasteiger partial charge on any atom is -0.490 e. The van der Waals surface area contributed by atoms with Crippen molar-refractivity contribution < 1.29 is 14.3 Å². The third-order valence-corrected chi connectivity index (χ3v) is 4.13. The average molecular weight is 341 g/mol. The molecule has 0 spiro atoms. The van der Waals surface area contributed by atoms with E-state index in [4.69, 9.17) is 9.47 Å². The molecule has 0 radical (unpaired) electrons. The van der Waals surface area contributed by atoms with Gasteiger partial charge >= 0.3 is 0 Å². The lowest BCUT2D eigenvalue weighted by atomic mass is 10.1. The number of aryl methyl sites for hydroxylation is 2. The van der Waals surface area contributed by atoms with Crippen LogP contribution < -0.4 is 14.8 Å². The molecule has 0 saturated carbocycles. The smallest absolute Gasteiger partial charge is 0.224 e. The molecule has 2 aromatic rings.